The first-order valence-electron chi connectivity index (χ1n) is 5.17. The molecule has 0 spiro atoms. The molecule has 0 aliphatic rings. The van der Waals surface area contributed by atoms with Crippen molar-refractivity contribution in [2.75, 3.05) is 11.5 Å². The summed E-state index contributed by atoms with van der Waals surface area (Å²) < 4.78 is 31.6. The molecule has 6 nitrogen and oxygen atoms in total. The van der Waals surface area contributed by atoms with Gasteiger partial charge in [0.15, 0.2) is 0 Å². The predicted octanol–water partition coefficient (Wildman–Crippen LogP) is 1.87. The summed E-state index contributed by atoms with van der Waals surface area (Å²) in [6.45, 7) is 0. The van der Waals surface area contributed by atoms with E-state index in [-0.39, 0.29) is 0 Å². The molecule has 0 radical (unpaired) electrons. The molecule has 0 heterocycles. The highest BCUT2D eigenvalue weighted by Crippen LogP contribution is 2.21. The van der Waals surface area contributed by atoms with E-state index in [1.807, 2.05) is 48.5 Å². The number of nitrogen functional groups attached to an aromatic ring is 2. The molecule has 0 unspecified atom stereocenters. The topological polar surface area (TPSA) is 127 Å². The van der Waals surface area contributed by atoms with Gasteiger partial charge in [-0.05, 0) is 35.4 Å². The van der Waals surface area contributed by atoms with Crippen LogP contribution in [0.5, 0.6) is 0 Å². The van der Waals surface area contributed by atoms with Gasteiger partial charge in [0.25, 0.3) is 0 Å². The van der Waals surface area contributed by atoms with Gasteiger partial charge < -0.3 is 11.5 Å². The molecule has 0 atom stereocenters. The van der Waals surface area contributed by atoms with E-state index in [2.05, 4.69) is 0 Å². The SMILES string of the molecule is Nc1ccc(-c2ccc(N)cc2)cc1.O=S(=O)(O)O. The van der Waals surface area contributed by atoms with Crippen molar-refractivity contribution < 1.29 is 17.5 Å². The molecular weight excluding hydrogens is 268 g/mol. The molecule has 2 aromatic carbocycles. The number of hydrogen-bond donors (Lipinski definition) is 4. The zero-order chi connectivity index (χ0) is 14.5. The summed E-state index contributed by atoms with van der Waals surface area (Å²) in [4.78, 5) is 0. The predicted molar refractivity (Wildman–Crippen MR) is 74.9 cm³/mol. The second-order valence-corrected chi connectivity index (χ2v) is 4.59. The van der Waals surface area contributed by atoms with Crippen molar-refractivity contribution in [3.8, 4) is 11.1 Å². The molecule has 0 aromatic heterocycles. The lowest BCUT2D eigenvalue weighted by Crippen LogP contribution is -1.89. The van der Waals surface area contributed by atoms with Crippen LogP contribution in [0.15, 0.2) is 48.5 Å². The maximum atomic E-state index is 8.74. The lowest BCUT2D eigenvalue weighted by molar-refractivity contribution is 0.381. The van der Waals surface area contributed by atoms with E-state index in [1.165, 1.54) is 0 Å². The van der Waals surface area contributed by atoms with Crippen molar-refractivity contribution in [1.82, 2.24) is 0 Å². The summed E-state index contributed by atoms with van der Waals surface area (Å²) >= 11 is 0. The minimum atomic E-state index is -4.67. The Morgan fingerprint density at radius 1 is 0.684 bits per heavy atom. The summed E-state index contributed by atoms with van der Waals surface area (Å²) in [5, 5.41) is 0. The Balaban J connectivity index is 0.000000312. The zero-order valence-corrected chi connectivity index (χ0v) is 10.7. The van der Waals surface area contributed by atoms with Gasteiger partial charge in [0.05, 0.1) is 0 Å². The number of hydrogen-bond acceptors (Lipinski definition) is 4. The maximum absolute atomic E-state index is 8.74. The van der Waals surface area contributed by atoms with Crippen LogP contribution in [-0.2, 0) is 10.4 Å². The molecule has 7 heteroatoms. The highest BCUT2D eigenvalue weighted by Gasteiger charge is 1.95. The number of nitrogens with two attached hydrogens (primary N) is 2. The Kier molecular flexibility index (Phi) is 4.87. The lowest BCUT2D eigenvalue weighted by Gasteiger charge is -2.02. The Hall–Kier alpha value is -2.09. The molecule has 19 heavy (non-hydrogen) atoms. The zero-order valence-electron chi connectivity index (χ0n) is 9.89. The van der Waals surface area contributed by atoms with E-state index < -0.39 is 10.4 Å². The van der Waals surface area contributed by atoms with Crippen LogP contribution < -0.4 is 11.5 Å². The smallest absolute Gasteiger partial charge is 0.394 e. The Bertz CT molecular complexity index is 570. The highest BCUT2D eigenvalue weighted by atomic mass is 32.3. The van der Waals surface area contributed by atoms with Crippen LogP contribution in [0.4, 0.5) is 11.4 Å². The van der Waals surface area contributed by atoms with E-state index >= 15 is 0 Å². The van der Waals surface area contributed by atoms with Gasteiger partial charge >= 0.3 is 10.4 Å². The molecule has 0 amide bonds. The van der Waals surface area contributed by atoms with Crippen LogP contribution in [0.3, 0.4) is 0 Å². The summed E-state index contributed by atoms with van der Waals surface area (Å²) in [6.07, 6.45) is 0. The van der Waals surface area contributed by atoms with Crippen molar-refractivity contribution in [3.05, 3.63) is 48.5 Å². The number of rotatable bonds is 1. The Labute approximate surface area is 111 Å². The van der Waals surface area contributed by atoms with Crippen LogP contribution in [0, 0.1) is 0 Å². The monoisotopic (exact) mass is 282 g/mol. The van der Waals surface area contributed by atoms with Gasteiger partial charge in [0.2, 0.25) is 0 Å². The highest BCUT2D eigenvalue weighted by molar-refractivity contribution is 7.79. The third-order valence-corrected chi connectivity index (χ3v) is 2.15. The van der Waals surface area contributed by atoms with Gasteiger partial charge in [-0.15, -0.1) is 0 Å². The number of anilines is 2. The lowest BCUT2D eigenvalue weighted by atomic mass is 10.1. The third kappa shape index (κ3) is 6.41. The standard InChI is InChI=1S/C12H12N2.H2O4S/c13-11-5-1-9(2-6-11)10-3-7-12(14)8-4-10;1-5(2,3)4/h1-8H,13-14H2;(H2,1,2,3,4). The molecule has 0 saturated heterocycles. The summed E-state index contributed by atoms with van der Waals surface area (Å²) in [7, 11) is -4.67. The molecule has 6 N–H and O–H groups in total. The minimum absolute atomic E-state index is 0.782. The van der Waals surface area contributed by atoms with Crippen molar-refractivity contribution >= 4 is 21.8 Å². The third-order valence-electron chi connectivity index (χ3n) is 2.15. The first-order chi connectivity index (χ1) is 8.75. The fourth-order valence-corrected chi connectivity index (χ4v) is 1.35. The average Bonchev–Trinajstić information content (AvgIpc) is 2.29. The fourth-order valence-electron chi connectivity index (χ4n) is 1.35. The number of benzene rings is 2. The van der Waals surface area contributed by atoms with E-state index in [1.54, 1.807) is 0 Å². The Morgan fingerprint density at radius 2 is 0.895 bits per heavy atom. The molecular formula is C12H14N2O4S. The van der Waals surface area contributed by atoms with Crippen LogP contribution in [-0.4, -0.2) is 17.5 Å². The van der Waals surface area contributed by atoms with Crippen LogP contribution in [0.1, 0.15) is 0 Å². The van der Waals surface area contributed by atoms with Gasteiger partial charge in [0, 0.05) is 11.4 Å². The van der Waals surface area contributed by atoms with Crippen LogP contribution in [0.25, 0.3) is 11.1 Å². The van der Waals surface area contributed by atoms with Gasteiger partial charge in [-0.3, -0.25) is 9.11 Å². The molecule has 0 bridgehead atoms. The first kappa shape index (κ1) is 15.0. The molecule has 0 aliphatic heterocycles. The quantitative estimate of drug-likeness (QED) is 0.467. The molecule has 0 saturated carbocycles. The second-order valence-electron chi connectivity index (χ2n) is 3.69. The van der Waals surface area contributed by atoms with Crippen molar-refractivity contribution in [2.45, 2.75) is 0 Å². The van der Waals surface area contributed by atoms with E-state index in [0.717, 1.165) is 22.5 Å². The molecule has 2 rings (SSSR count). The first-order valence-corrected chi connectivity index (χ1v) is 6.57. The van der Waals surface area contributed by atoms with Crippen LogP contribution >= 0.6 is 0 Å². The average molecular weight is 282 g/mol. The van der Waals surface area contributed by atoms with Gasteiger partial charge in [-0.2, -0.15) is 8.42 Å². The largest absolute Gasteiger partial charge is 0.399 e. The molecule has 102 valence electrons. The maximum Gasteiger partial charge on any atom is 0.394 e. The van der Waals surface area contributed by atoms with E-state index in [9.17, 15) is 0 Å². The second kappa shape index (κ2) is 6.19. The molecule has 0 aliphatic carbocycles. The molecule has 2 aromatic rings. The summed E-state index contributed by atoms with van der Waals surface area (Å²) in [6, 6.07) is 15.6. The van der Waals surface area contributed by atoms with Crippen molar-refractivity contribution in [2.24, 2.45) is 0 Å². The summed E-state index contributed by atoms with van der Waals surface area (Å²) in [5.74, 6) is 0. The van der Waals surface area contributed by atoms with E-state index in [4.69, 9.17) is 29.0 Å². The van der Waals surface area contributed by atoms with Gasteiger partial charge in [-0.1, -0.05) is 24.3 Å². The van der Waals surface area contributed by atoms with Crippen molar-refractivity contribution in [1.29, 1.82) is 0 Å². The van der Waals surface area contributed by atoms with Crippen LogP contribution in [0.2, 0.25) is 0 Å². The van der Waals surface area contributed by atoms with Gasteiger partial charge in [-0.25, -0.2) is 0 Å². The van der Waals surface area contributed by atoms with Crippen molar-refractivity contribution in [3.63, 3.8) is 0 Å². The minimum Gasteiger partial charge on any atom is -0.399 e. The molecule has 0 fully saturated rings. The normalized spacial score (nSPS) is 10.4. The fraction of sp³-hybridized carbons (Fsp3) is 0. The van der Waals surface area contributed by atoms with E-state index in [0.29, 0.717) is 0 Å². The van der Waals surface area contributed by atoms with Gasteiger partial charge in [0.1, 0.15) is 0 Å². The summed E-state index contributed by atoms with van der Waals surface area (Å²) in [5.41, 5.74) is 15.1. The Morgan fingerprint density at radius 3 is 1.11 bits per heavy atom.